The highest BCUT2D eigenvalue weighted by molar-refractivity contribution is 5.45. The molecule has 1 fully saturated rings. The molecule has 0 saturated carbocycles. The maximum atomic E-state index is 4.59. The van der Waals surface area contributed by atoms with Gasteiger partial charge in [-0.25, -0.2) is 15.0 Å². The molecule has 0 amide bonds. The zero-order valence-electron chi connectivity index (χ0n) is 12.1. The Bertz CT molecular complexity index is 567. The third-order valence-electron chi connectivity index (χ3n) is 3.42. The average molecular weight is 285 g/mol. The van der Waals surface area contributed by atoms with Crippen molar-refractivity contribution in [2.24, 2.45) is 0 Å². The monoisotopic (exact) mass is 285 g/mol. The molecule has 0 aromatic carbocycles. The third-order valence-corrected chi connectivity index (χ3v) is 3.42. The zero-order valence-corrected chi connectivity index (χ0v) is 12.1. The number of rotatable bonds is 4. The molecule has 0 radical (unpaired) electrons. The van der Waals surface area contributed by atoms with Crippen LogP contribution in [0.3, 0.4) is 0 Å². The van der Waals surface area contributed by atoms with E-state index in [0.717, 1.165) is 50.3 Å². The van der Waals surface area contributed by atoms with Crippen LogP contribution in [-0.4, -0.2) is 52.7 Å². The van der Waals surface area contributed by atoms with Crippen molar-refractivity contribution in [3.05, 3.63) is 30.9 Å². The van der Waals surface area contributed by atoms with Crippen molar-refractivity contribution in [1.82, 2.24) is 19.9 Å². The number of hydrogen-bond acceptors (Lipinski definition) is 7. The lowest BCUT2D eigenvalue weighted by Crippen LogP contribution is -2.47. The Morgan fingerprint density at radius 3 is 2.48 bits per heavy atom. The SMILES string of the molecule is CCNc1cncc(N2CCN(c3ncccn3)CC2)n1. The van der Waals surface area contributed by atoms with E-state index in [-0.39, 0.29) is 0 Å². The first kappa shape index (κ1) is 13.5. The molecule has 0 spiro atoms. The topological polar surface area (TPSA) is 70.1 Å². The molecule has 7 heteroatoms. The fourth-order valence-electron chi connectivity index (χ4n) is 2.36. The van der Waals surface area contributed by atoms with Crippen molar-refractivity contribution in [1.29, 1.82) is 0 Å². The number of hydrogen-bond donors (Lipinski definition) is 1. The lowest BCUT2D eigenvalue weighted by molar-refractivity contribution is 0.634. The Kier molecular flexibility index (Phi) is 4.09. The Hall–Kier alpha value is -2.44. The van der Waals surface area contributed by atoms with Crippen LogP contribution in [0.2, 0.25) is 0 Å². The predicted molar refractivity (Wildman–Crippen MR) is 82.7 cm³/mol. The van der Waals surface area contributed by atoms with Crippen molar-refractivity contribution < 1.29 is 0 Å². The summed E-state index contributed by atoms with van der Waals surface area (Å²) in [5.74, 6) is 2.54. The Labute approximate surface area is 124 Å². The van der Waals surface area contributed by atoms with Gasteiger partial charge in [0.2, 0.25) is 5.95 Å². The lowest BCUT2D eigenvalue weighted by atomic mass is 10.3. The van der Waals surface area contributed by atoms with Crippen molar-refractivity contribution >= 4 is 17.6 Å². The summed E-state index contributed by atoms with van der Waals surface area (Å²) in [5, 5.41) is 3.19. The van der Waals surface area contributed by atoms with Crippen LogP contribution < -0.4 is 15.1 Å². The van der Waals surface area contributed by atoms with Gasteiger partial charge in [0.1, 0.15) is 11.6 Å². The minimum absolute atomic E-state index is 0.796. The summed E-state index contributed by atoms with van der Waals surface area (Å²) in [6.07, 6.45) is 7.12. The van der Waals surface area contributed by atoms with Gasteiger partial charge in [-0.1, -0.05) is 0 Å². The molecule has 2 aromatic heterocycles. The molecule has 7 nitrogen and oxygen atoms in total. The Morgan fingerprint density at radius 1 is 1.05 bits per heavy atom. The van der Waals surface area contributed by atoms with Crippen LogP contribution in [0, 0.1) is 0 Å². The first-order valence-corrected chi connectivity index (χ1v) is 7.19. The van der Waals surface area contributed by atoms with Crippen molar-refractivity contribution in [2.75, 3.05) is 47.8 Å². The van der Waals surface area contributed by atoms with E-state index in [4.69, 9.17) is 0 Å². The zero-order chi connectivity index (χ0) is 14.5. The van der Waals surface area contributed by atoms with Crippen LogP contribution in [0.25, 0.3) is 0 Å². The van der Waals surface area contributed by atoms with Gasteiger partial charge in [0.05, 0.1) is 12.4 Å². The third kappa shape index (κ3) is 3.18. The number of aromatic nitrogens is 4. The molecule has 1 aliphatic rings. The molecule has 0 unspecified atom stereocenters. The fourth-order valence-corrected chi connectivity index (χ4v) is 2.36. The van der Waals surface area contributed by atoms with Gasteiger partial charge in [-0.15, -0.1) is 0 Å². The van der Waals surface area contributed by atoms with E-state index < -0.39 is 0 Å². The summed E-state index contributed by atoms with van der Waals surface area (Å²) in [5.41, 5.74) is 0. The molecule has 3 heterocycles. The molecule has 21 heavy (non-hydrogen) atoms. The van der Waals surface area contributed by atoms with Crippen LogP contribution in [-0.2, 0) is 0 Å². The molecule has 2 aromatic rings. The minimum Gasteiger partial charge on any atom is -0.369 e. The summed E-state index contributed by atoms with van der Waals surface area (Å²) in [7, 11) is 0. The van der Waals surface area contributed by atoms with Crippen LogP contribution >= 0.6 is 0 Å². The largest absolute Gasteiger partial charge is 0.369 e. The molecule has 0 aliphatic carbocycles. The summed E-state index contributed by atoms with van der Waals surface area (Å²) in [6.45, 7) is 6.45. The van der Waals surface area contributed by atoms with E-state index >= 15 is 0 Å². The van der Waals surface area contributed by atoms with Gasteiger partial charge < -0.3 is 15.1 Å². The highest BCUT2D eigenvalue weighted by atomic mass is 15.3. The molecule has 0 bridgehead atoms. The quantitative estimate of drug-likeness (QED) is 0.899. The van der Waals surface area contributed by atoms with Gasteiger partial charge >= 0.3 is 0 Å². The average Bonchev–Trinajstić information content (AvgIpc) is 2.56. The second-order valence-electron chi connectivity index (χ2n) is 4.82. The summed E-state index contributed by atoms with van der Waals surface area (Å²) in [6, 6.07) is 1.83. The summed E-state index contributed by atoms with van der Waals surface area (Å²) >= 11 is 0. The van der Waals surface area contributed by atoms with Gasteiger partial charge in [0.15, 0.2) is 0 Å². The maximum Gasteiger partial charge on any atom is 0.225 e. The van der Waals surface area contributed by atoms with E-state index in [1.165, 1.54) is 0 Å². The summed E-state index contributed by atoms with van der Waals surface area (Å²) < 4.78 is 0. The van der Waals surface area contributed by atoms with E-state index in [9.17, 15) is 0 Å². The number of anilines is 3. The molecule has 1 aliphatic heterocycles. The first-order chi connectivity index (χ1) is 10.4. The summed E-state index contributed by atoms with van der Waals surface area (Å²) in [4.78, 5) is 21.9. The van der Waals surface area contributed by atoms with Crippen molar-refractivity contribution in [3.8, 4) is 0 Å². The van der Waals surface area contributed by atoms with Crippen LogP contribution in [0.4, 0.5) is 17.6 Å². The van der Waals surface area contributed by atoms with E-state index in [1.807, 2.05) is 19.2 Å². The molecule has 1 N–H and O–H groups in total. The van der Waals surface area contributed by atoms with E-state index in [2.05, 4.69) is 35.1 Å². The van der Waals surface area contributed by atoms with E-state index in [0.29, 0.717) is 0 Å². The highest BCUT2D eigenvalue weighted by Gasteiger charge is 2.20. The van der Waals surface area contributed by atoms with Gasteiger partial charge in [0, 0.05) is 45.1 Å². The second-order valence-corrected chi connectivity index (χ2v) is 4.82. The Morgan fingerprint density at radius 2 is 1.76 bits per heavy atom. The molecule has 1 saturated heterocycles. The maximum absolute atomic E-state index is 4.59. The molecule has 0 atom stereocenters. The van der Waals surface area contributed by atoms with Crippen molar-refractivity contribution in [3.63, 3.8) is 0 Å². The van der Waals surface area contributed by atoms with Crippen LogP contribution in [0.15, 0.2) is 30.9 Å². The number of piperazine rings is 1. The molecular formula is C14H19N7. The smallest absolute Gasteiger partial charge is 0.225 e. The van der Waals surface area contributed by atoms with Crippen LogP contribution in [0.5, 0.6) is 0 Å². The number of nitrogens with one attached hydrogen (secondary N) is 1. The van der Waals surface area contributed by atoms with Gasteiger partial charge in [-0.2, -0.15) is 0 Å². The van der Waals surface area contributed by atoms with Gasteiger partial charge in [-0.3, -0.25) is 4.98 Å². The van der Waals surface area contributed by atoms with Crippen LogP contribution in [0.1, 0.15) is 6.92 Å². The standard InChI is InChI=1S/C14H19N7/c1-2-16-12-10-15-11-13(19-12)20-6-8-21(9-7-20)14-17-4-3-5-18-14/h3-5,10-11H,2,6-9H2,1H3,(H,16,19). The molecule has 110 valence electrons. The minimum atomic E-state index is 0.796. The first-order valence-electron chi connectivity index (χ1n) is 7.19. The fraction of sp³-hybridized carbons (Fsp3) is 0.429. The molecular weight excluding hydrogens is 266 g/mol. The van der Waals surface area contributed by atoms with Crippen molar-refractivity contribution in [2.45, 2.75) is 6.92 Å². The molecule has 3 rings (SSSR count). The second kappa shape index (κ2) is 6.34. The van der Waals surface area contributed by atoms with Gasteiger partial charge in [0.25, 0.3) is 0 Å². The number of nitrogens with zero attached hydrogens (tertiary/aromatic N) is 6. The highest BCUT2D eigenvalue weighted by Crippen LogP contribution is 2.16. The Balaban J connectivity index is 1.64. The van der Waals surface area contributed by atoms with E-state index in [1.54, 1.807) is 18.6 Å². The lowest BCUT2D eigenvalue weighted by Gasteiger charge is -2.35. The van der Waals surface area contributed by atoms with Gasteiger partial charge in [-0.05, 0) is 13.0 Å². The normalized spacial score (nSPS) is 15.1. The predicted octanol–water partition coefficient (Wildman–Crippen LogP) is 1.02.